The summed E-state index contributed by atoms with van der Waals surface area (Å²) in [7, 11) is 6.84. The fraction of sp³-hybridized carbons (Fsp3) is 0.344. The highest BCUT2D eigenvalue weighted by atomic mass is 35.5. The van der Waals surface area contributed by atoms with Crippen molar-refractivity contribution in [1.29, 1.82) is 0 Å². The Morgan fingerprint density at radius 1 is 1.02 bits per heavy atom. The first-order valence-corrected chi connectivity index (χ1v) is 15.2. The predicted octanol–water partition coefficient (Wildman–Crippen LogP) is 6.78. The maximum Gasteiger partial charge on any atom is 0.271 e. The second-order valence-corrected chi connectivity index (χ2v) is 12.3. The number of nitrogens with one attached hydrogen (secondary N) is 1. The van der Waals surface area contributed by atoms with Crippen LogP contribution in [0.15, 0.2) is 48.7 Å². The highest BCUT2D eigenvalue weighted by molar-refractivity contribution is 7.21. The molecule has 1 N–H and O–H groups in total. The van der Waals surface area contributed by atoms with Crippen LogP contribution in [0, 0.1) is 11.6 Å². The van der Waals surface area contributed by atoms with Crippen molar-refractivity contribution in [2.24, 2.45) is 0 Å². The van der Waals surface area contributed by atoms with E-state index in [9.17, 15) is 18.4 Å². The first kappa shape index (κ1) is 30.8. The quantitative estimate of drug-likeness (QED) is 0.233. The summed E-state index contributed by atoms with van der Waals surface area (Å²) in [6.07, 6.45) is 4.86. The Morgan fingerprint density at radius 2 is 1.72 bits per heavy atom. The van der Waals surface area contributed by atoms with Crippen molar-refractivity contribution in [2.75, 3.05) is 28.3 Å². The summed E-state index contributed by atoms with van der Waals surface area (Å²) >= 11 is 7.44. The SMILES string of the molecule is CN[C@H]1CC[C@@H](N(Cc2cc(-c3ccnc(C(=O)N(C)C)c3)ccc2OC)C(=O)c2sc3c(F)ccc(F)c3c2Cl)CC1. The number of ether oxygens (including phenoxy) is 1. The van der Waals surface area contributed by atoms with Gasteiger partial charge < -0.3 is 19.9 Å². The number of amides is 2. The van der Waals surface area contributed by atoms with Crippen molar-refractivity contribution in [3.05, 3.63) is 81.5 Å². The molecule has 226 valence electrons. The van der Waals surface area contributed by atoms with Gasteiger partial charge in [-0.05, 0) is 80.3 Å². The minimum Gasteiger partial charge on any atom is -0.496 e. The Bertz CT molecular complexity index is 1670. The number of carbonyl (C=O) groups excluding carboxylic acids is 2. The molecule has 2 aromatic heterocycles. The number of thiophene rings is 1. The smallest absolute Gasteiger partial charge is 0.271 e. The number of nitrogens with zero attached hydrogens (tertiary/aromatic N) is 3. The Morgan fingerprint density at radius 3 is 2.37 bits per heavy atom. The van der Waals surface area contributed by atoms with Gasteiger partial charge in [-0.2, -0.15) is 0 Å². The molecular formula is C32H33ClF2N4O3S. The van der Waals surface area contributed by atoms with Crippen molar-refractivity contribution in [1.82, 2.24) is 20.1 Å². The third-order valence-electron chi connectivity index (χ3n) is 8.02. The minimum atomic E-state index is -0.670. The minimum absolute atomic E-state index is 0.0209. The van der Waals surface area contributed by atoms with E-state index in [0.717, 1.165) is 65.8 Å². The van der Waals surface area contributed by atoms with Gasteiger partial charge in [-0.25, -0.2) is 8.78 Å². The number of hydrogen-bond acceptors (Lipinski definition) is 6. The van der Waals surface area contributed by atoms with Crippen LogP contribution in [0.2, 0.25) is 5.02 Å². The molecule has 0 aliphatic heterocycles. The number of fused-ring (bicyclic) bond motifs is 1. The molecule has 0 radical (unpaired) electrons. The summed E-state index contributed by atoms with van der Waals surface area (Å²) in [4.78, 5) is 34.3. The van der Waals surface area contributed by atoms with Gasteiger partial charge in [-0.15, -0.1) is 11.3 Å². The zero-order valence-electron chi connectivity index (χ0n) is 24.4. The third-order valence-corrected chi connectivity index (χ3v) is 9.70. The van der Waals surface area contributed by atoms with E-state index in [1.165, 1.54) is 4.90 Å². The van der Waals surface area contributed by atoms with Gasteiger partial charge in [0.25, 0.3) is 11.8 Å². The average Bonchev–Trinajstić information content (AvgIpc) is 3.39. The monoisotopic (exact) mass is 626 g/mol. The number of aromatic nitrogens is 1. The molecule has 1 aliphatic carbocycles. The molecule has 0 bridgehead atoms. The van der Waals surface area contributed by atoms with Crippen LogP contribution in [0.3, 0.4) is 0 Å². The third kappa shape index (κ3) is 6.23. The lowest BCUT2D eigenvalue weighted by Crippen LogP contribution is -2.44. The molecular weight excluding hydrogens is 594 g/mol. The molecule has 7 nitrogen and oxygen atoms in total. The molecule has 2 heterocycles. The molecule has 0 unspecified atom stereocenters. The normalized spacial score (nSPS) is 16.7. The van der Waals surface area contributed by atoms with Crippen LogP contribution in [-0.2, 0) is 6.54 Å². The zero-order chi connectivity index (χ0) is 30.8. The van der Waals surface area contributed by atoms with Gasteiger partial charge in [0, 0.05) is 44.5 Å². The molecule has 5 rings (SSSR count). The number of pyridine rings is 1. The summed E-state index contributed by atoms with van der Waals surface area (Å²) in [6.45, 7) is 0.189. The zero-order valence-corrected chi connectivity index (χ0v) is 26.0. The molecule has 11 heteroatoms. The Kier molecular flexibility index (Phi) is 9.29. The summed E-state index contributed by atoms with van der Waals surface area (Å²) in [6, 6.07) is 11.5. The van der Waals surface area contributed by atoms with Crippen molar-refractivity contribution in [3.8, 4) is 16.9 Å². The van der Waals surface area contributed by atoms with Gasteiger partial charge in [-0.1, -0.05) is 17.7 Å². The number of benzene rings is 2. The first-order chi connectivity index (χ1) is 20.6. The fourth-order valence-corrected chi connectivity index (χ4v) is 7.14. The van der Waals surface area contributed by atoms with E-state index in [2.05, 4.69) is 10.3 Å². The number of rotatable bonds is 8. The highest BCUT2D eigenvalue weighted by Crippen LogP contribution is 2.40. The van der Waals surface area contributed by atoms with Crippen molar-refractivity contribution >= 4 is 44.8 Å². The van der Waals surface area contributed by atoms with Gasteiger partial charge in [-0.3, -0.25) is 14.6 Å². The average molecular weight is 627 g/mol. The van der Waals surface area contributed by atoms with Crippen molar-refractivity contribution < 1.29 is 23.1 Å². The van der Waals surface area contributed by atoms with E-state index in [1.54, 1.807) is 38.4 Å². The van der Waals surface area contributed by atoms with Gasteiger partial charge >= 0.3 is 0 Å². The molecule has 2 aromatic carbocycles. The van der Waals surface area contributed by atoms with Crippen LogP contribution in [0.4, 0.5) is 8.78 Å². The second-order valence-electron chi connectivity index (χ2n) is 10.9. The standard InChI is InChI=1S/C32H33ClF2N4O3S/c1-36-21-6-8-22(9-7-21)39(32(41)30-28(33)27-23(34)10-11-24(35)29(27)43-30)17-20-15-18(5-12-26(20)42-4)19-13-14-37-25(16-19)31(40)38(2)3/h5,10-16,21-22,36H,6-9,17H2,1-4H3/t21-,22+. The van der Waals surface area contributed by atoms with E-state index in [0.29, 0.717) is 17.5 Å². The van der Waals surface area contributed by atoms with Crippen LogP contribution < -0.4 is 10.1 Å². The van der Waals surface area contributed by atoms with E-state index in [4.69, 9.17) is 16.3 Å². The van der Waals surface area contributed by atoms with Gasteiger partial charge in [0.2, 0.25) is 0 Å². The Hall–Kier alpha value is -3.60. The lowest BCUT2D eigenvalue weighted by atomic mass is 9.89. The Balaban J connectivity index is 1.55. The van der Waals surface area contributed by atoms with Gasteiger partial charge in [0.15, 0.2) is 0 Å². The van der Waals surface area contributed by atoms with E-state index in [-0.39, 0.29) is 44.4 Å². The van der Waals surface area contributed by atoms with Crippen LogP contribution in [0.1, 0.15) is 51.4 Å². The molecule has 0 saturated heterocycles. The van der Waals surface area contributed by atoms with E-state index in [1.807, 2.05) is 31.3 Å². The highest BCUT2D eigenvalue weighted by Gasteiger charge is 2.33. The summed E-state index contributed by atoms with van der Waals surface area (Å²) in [5, 5.41) is 3.17. The lowest BCUT2D eigenvalue weighted by Gasteiger charge is -2.37. The molecule has 2 amide bonds. The predicted molar refractivity (Wildman–Crippen MR) is 166 cm³/mol. The number of carbonyl (C=O) groups is 2. The number of methoxy groups -OCH3 is 1. The van der Waals surface area contributed by atoms with Crippen molar-refractivity contribution in [2.45, 2.75) is 44.3 Å². The largest absolute Gasteiger partial charge is 0.496 e. The van der Waals surface area contributed by atoms with E-state index < -0.39 is 11.6 Å². The van der Waals surface area contributed by atoms with Gasteiger partial charge in [0.1, 0.15) is 28.0 Å². The molecule has 1 saturated carbocycles. The van der Waals surface area contributed by atoms with Gasteiger partial charge in [0.05, 0.1) is 22.2 Å². The van der Waals surface area contributed by atoms with E-state index >= 15 is 0 Å². The van der Waals surface area contributed by atoms with Crippen molar-refractivity contribution in [3.63, 3.8) is 0 Å². The molecule has 0 atom stereocenters. The van der Waals surface area contributed by atoms with Crippen LogP contribution in [0.25, 0.3) is 21.2 Å². The first-order valence-electron chi connectivity index (χ1n) is 14.0. The molecule has 43 heavy (non-hydrogen) atoms. The molecule has 1 fully saturated rings. The van der Waals surface area contributed by atoms with Crippen LogP contribution in [0.5, 0.6) is 5.75 Å². The topological polar surface area (TPSA) is 74.8 Å². The van der Waals surface area contributed by atoms with Crippen LogP contribution >= 0.6 is 22.9 Å². The fourth-order valence-electron chi connectivity index (χ4n) is 5.63. The summed E-state index contributed by atoms with van der Waals surface area (Å²) < 4.78 is 35.1. The summed E-state index contributed by atoms with van der Waals surface area (Å²) in [5.74, 6) is -1.30. The maximum atomic E-state index is 14.7. The summed E-state index contributed by atoms with van der Waals surface area (Å²) in [5.41, 5.74) is 2.67. The van der Waals surface area contributed by atoms with Crippen LogP contribution in [-0.4, -0.2) is 66.9 Å². The molecule has 4 aromatic rings. The Labute approximate surface area is 258 Å². The number of halogens is 3. The molecule has 0 spiro atoms. The maximum absolute atomic E-state index is 14.7. The number of hydrogen-bond donors (Lipinski definition) is 1. The second kappa shape index (κ2) is 13.0. The molecule has 1 aliphatic rings. The lowest BCUT2D eigenvalue weighted by molar-refractivity contribution is 0.0604.